The van der Waals surface area contributed by atoms with E-state index < -0.39 is 12.1 Å². The number of phenols is 1. The predicted molar refractivity (Wildman–Crippen MR) is 96.1 cm³/mol. The lowest BCUT2D eigenvalue weighted by Gasteiger charge is -2.30. The Bertz CT molecular complexity index is 966. The van der Waals surface area contributed by atoms with E-state index in [1.54, 1.807) is 30.3 Å². The van der Waals surface area contributed by atoms with E-state index >= 15 is 0 Å². The quantitative estimate of drug-likeness (QED) is 0.569. The van der Waals surface area contributed by atoms with Crippen molar-refractivity contribution in [1.82, 2.24) is 10.3 Å². The number of aromatic amines is 1. The van der Waals surface area contributed by atoms with Crippen molar-refractivity contribution in [2.75, 3.05) is 0 Å². The summed E-state index contributed by atoms with van der Waals surface area (Å²) in [5, 5.41) is 24.7. The summed E-state index contributed by atoms with van der Waals surface area (Å²) in [6.45, 7) is 0. The number of phenolic OH excluding ortho intramolecular Hbond substituents is 1. The van der Waals surface area contributed by atoms with Crippen LogP contribution in [-0.2, 0) is 12.8 Å². The number of H-pyrrole nitrogens is 1. The molecule has 3 aromatic rings. The number of hydrogen-bond acceptors (Lipinski definition) is 3. The first kappa shape index (κ1) is 16.0. The lowest BCUT2D eigenvalue weighted by molar-refractivity contribution is 0.0809. The van der Waals surface area contributed by atoms with Gasteiger partial charge in [0.15, 0.2) is 0 Å². The van der Waals surface area contributed by atoms with Crippen LogP contribution in [0.5, 0.6) is 5.75 Å². The zero-order valence-corrected chi connectivity index (χ0v) is 14.0. The molecule has 1 heterocycles. The lowest BCUT2D eigenvalue weighted by Crippen LogP contribution is -2.48. The zero-order valence-electron chi connectivity index (χ0n) is 13.3. The number of amides is 1. The highest BCUT2D eigenvalue weighted by atomic mass is 35.5. The van der Waals surface area contributed by atoms with Gasteiger partial charge in [-0.2, -0.15) is 0 Å². The second-order valence-corrected chi connectivity index (χ2v) is 6.82. The van der Waals surface area contributed by atoms with E-state index in [1.165, 1.54) is 0 Å². The Labute approximate surface area is 149 Å². The summed E-state index contributed by atoms with van der Waals surface area (Å²) in [4.78, 5) is 15.6. The SMILES string of the molecule is O=C(N[C@@H]1Cc2c(O)cccc2C[C@H]1O)c1cc2cc(Cl)ccc2[nH]1. The summed E-state index contributed by atoms with van der Waals surface area (Å²) >= 11 is 5.97. The summed E-state index contributed by atoms with van der Waals surface area (Å²) in [7, 11) is 0. The summed E-state index contributed by atoms with van der Waals surface area (Å²) < 4.78 is 0. The van der Waals surface area contributed by atoms with E-state index in [-0.39, 0.29) is 11.7 Å². The molecule has 0 saturated heterocycles. The van der Waals surface area contributed by atoms with Crippen LogP contribution in [0.15, 0.2) is 42.5 Å². The predicted octanol–water partition coefficient (Wildman–Crippen LogP) is 2.79. The van der Waals surface area contributed by atoms with E-state index in [4.69, 9.17) is 11.6 Å². The molecule has 25 heavy (non-hydrogen) atoms. The van der Waals surface area contributed by atoms with E-state index in [9.17, 15) is 15.0 Å². The second-order valence-electron chi connectivity index (χ2n) is 6.38. The highest BCUT2D eigenvalue weighted by molar-refractivity contribution is 6.31. The molecule has 1 aliphatic rings. The van der Waals surface area contributed by atoms with Gasteiger partial charge in [0.05, 0.1) is 12.1 Å². The number of nitrogens with one attached hydrogen (secondary N) is 2. The van der Waals surface area contributed by atoms with Gasteiger partial charge in [-0.05, 0) is 47.9 Å². The fourth-order valence-corrected chi connectivity index (χ4v) is 3.57. The van der Waals surface area contributed by atoms with Gasteiger partial charge < -0.3 is 20.5 Å². The number of halogens is 1. The van der Waals surface area contributed by atoms with Crippen LogP contribution in [0, 0.1) is 0 Å². The molecule has 0 spiro atoms. The summed E-state index contributed by atoms with van der Waals surface area (Å²) in [5.41, 5.74) is 2.93. The van der Waals surface area contributed by atoms with Crippen molar-refractivity contribution >= 4 is 28.4 Å². The van der Waals surface area contributed by atoms with Crippen LogP contribution in [0.4, 0.5) is 0 Å². The molecule has 4 rings (SSSR count). The van der Waals surface area contributed by atoms with Crippen LogP contribution in [0.3, 0.4) is 0 Å². The molecule has 128 valence electrons. The van der Waals surface area contributed by atoms with Crippen molar-refractivity contribution < 1.29 is 15.0 Å². The van der Waals surface area contributed by atoms with E-state index in [1.807, 2.05) is 12.1 Å². The highest BCUT2D eigenvalue weighted by Crippen LogP contribution is 2.29. The number of fused-ring (bicyclic) bond motifs is 2. The summed E-state index contributed by atoms with van der Waals surface area (Å²) in [6, 6.07) is 11.9. The summed E-state index contributed by atoms with van der Waals surface area (Å²) in [5.74, 6) is -0.0980. The first-order valence-electron chi connectivity index (χ1n) is 8.08. The number of hydrogen-bond donors (Lipinski definition) is 4. The fourth-order valence-electron chi connectivity index (χ4n) is 3.39. The molecule has 1 aromatic heterocycles. The van der Waals surface area contributed by atoms with Gasteiger partial charge in [-0.1, -0.05) is 23.7 Å². The maximum atomic E-state index is 12.6. The first-order valence-corrected chi connectivity index (χ1v) is 8.46. The van der Waals surface area contributed by atoms with Gasteiger partial charge in [-0.15, -0.1) is 0 Å². The number of rotatable bonds is 2. The Morgan fingerprint density at radius 3 is 2.88 bits per heavy atom. The average Bonchev–Trinajstić information content (AvgIpc) is 2.99. The standard InChI is InChI=1S/C19H17ClN2O3/c20-12-4-5-14-11(6-12)7-16(21-14)19(25)22-15-9-13-10(8-18(15)24)2-1-3-17(13)23/h1-7,15,18,21,23-24H,8-9H2,(H,22,25)/t15-,18-/m1/s1. The molecule has 0 unspecified atom stereocenters. The Hall–Kier alpha value is -2.50. The van der Waals surface area contributed by atoms with Gasteiger partial charge >= 0.3 is 0 Å². The van der Waals surface area contributed by atoms with Crippen LogP contribution in [-0.4, -0.2) is 33.3 Å². The number of aromatic nitrogens is 1. The lowest BCUT2D eigenvalue weighted by atomic mass is 9.85. The van der Waals surface area contributed by atoms with Crippen LogP contribution in [0.25, 0.3) is 10.9 Å². The van der Waals surface area contributed by atoms with Crippen molar-refractivity contribution in [2.45, 2.75) is 25.0 Å². The van der Waals surface area contributed by atoms with Crippen LogP contribution >= 0.6 is 11.6 Å². The Balaban J connectivity index is 1.56. The maximum absolute atomic E-state index is 12.6. The van der Waals surface area contributed by atoms with Gasteiger partial charge in [0.2, 0.25) is 0 Å². The van der Waals surface area contributed by atoms with E-state index in [0.29, 0.717) is 23.6 Å². The second kappa shape index (κ2) is 6.10. The molecule has 1 amide bonds. The third-order valence-corrected chi connectivity index (χ3v) is 4.94. The van der Waals surface area contributed by atoms with Crippen molar-refractivity contribution in [1.29, 1.82) is 0 Å². The number of aliphatic hydroxyl groups excluding tert-OH is 1. The molecule has 2 atom stereocenters. The molecule has 0 fully saturated rings. The van der Waals surface area contributed by atoms with Crippen LogP contribution in [0.1, 0.15) is 21.6 Å². The molecule has 0 bridgehead atoms. The highest BCUT2D eigenvalue weighted by Gasteiger charge is 2.30. The molecule has 0 aliphatic heterocycles. The monoisotopic (exact) mass is 356 g/mol. The topological polar surface area (TPSA) is 85.3 Å². The largest absolute Gasteiger partial charge is 0.508 e. The Morgan fingerprint density at radius 1 is 1.20 bits per heavy atom. The molecule has 6 heteroatoms. The zero-order chi connectivity index (χ0) is 17.6. The third-order valence-electron chi connectivity index (χ3n) is 4.71. The molecule has 0 radical (unpaired) electrons. The smallest absolute Gasteiger partial charge is 0.268 e. The minimum Gasteiger partial charge on any atom is -0.508 e. The Morgan fingerprint density at radius 2 is 2.04 bits per heavy atom. The van der Waals surface area contributed by atoms with E-state index in [0.717, 1.165) is 22.0 Å². The first-order chi connectivity index (χ1) is 12.0. The van der Waals surface area contributed by atoms with Crippen LogP contribution in [0.2, 0.25) is 5.02 Å². The van der Waals surface area contributed by atoms with Crippen molar-refractivity contribution in [3.8, 4) is 5.75 Å². The molecule has 2 aromatic carbocycles. The number of carbonyl (C=O) groups is 1. The van der Waals surface area contributed by atoms with E-state index in [2.05, 4.69) is 10.3 Å². The van der Waals surface area contributed by atoms with Gasteiger partial charge in [-0.3, -0.25) is 4.79 Å². The number of aromatic hydroxyl groups is 1. The number of benzene rings is 2. The molecule has 5 nitrogen and oxygen atoms in total. The minimum atomic E-state index is -0.697. The van der Waals surface area contributed by atoms with Gasteiger partial charge in [0, 0.05) is 22.3 Å². The van der Waals surface area contributed by atoms with Gasteiger partial charge in [0.1, 0.15) is 11.4 Å². The molecule has 4 N–H and O–H groups in total. The Kier molecular flexibility index (Phi) is 3.90. The van der Waals surface area contributed by atoms with Crippen molar-refractivity contribution in [3.63, 3.8) is 0 Å². The molecular formula is C19H17ClN2O3. The molecular weight excluding hydrogens is 340 g/mol. The summed E-state index contributed by atoms with van der Waals surface area (Å²) in [6.07, 6.45) is 0.0925. The maximum Gasteiger partial charge on any atom is 0.268 e. The number of carbonyl (C=O) groups excluding carboxylic acids is 1. The van der Waals surface area contributed by atoms with Gasteiger partial charge in [0.25, 0.3) is 5.91 Å². The van der Waals surface area contributed by atoms with Crippen molar-refractivity contribution in [3.05, 3.63) is 64.3 Å². The normalized spacial score (nSPS) is 19.6. The average molecular weight is 357 g/mol. The van der Waals surface area contributed by atoms with Gasteiger partial charge in [-0.25, -0.2) is 0 Å². The van der Waals surface area contributed by atoms with Crippen LogP contribution < -0.4 is 5.32 Å². The fraction of sp³-hybridized carbons (Fsp3) is 0.211. The van der Waals surface area contributed by atoms with Crippen molar-refractivity contribution in [2.24, 2.45) is 0 Å². The third kappa shape index (κ3) is 2.97. The molecule has 0 saturated carbocycles. The number of aliphatic hydroxyl groups is 1. The molecule has 1 aliphatic carbocycles. The minimum absolute atomic E-state index is 0.198.